The zero-order valence-electron chi connectivity index (χ0n) is 19.1. The Labute approximate surface area is 213 Å². The third-order valence-corrected chi connectivity index (χ3v) is 6.08. The van der Waals surface area contributed by atoms with E-state index in [2.05, 4.69) is 10.5 Å². The van der Waals surface area contributed by atoms with E-state index in [4.69, 9.17) is 16.3 Å². The lowest BCUT2D eigenvalue weighted by Crippen LogP contribution is -2.20. The van der Waals surface area contributed by atoms with Crippen molar-refractivity contribution in [3.63, 3.8) is 0 Å². The van der Waals surface area contributed by atoms with E-state index < -0.39 is 5.97 Å². The minimum Gasteiger partial charge on any atom is -0.422 e. The van der Waals surface area contributed by atoms with E-state index in [1.54, 1.807) is 30.3 Å². The molecule has 0 atom stereocenters. The van der Waals surface area contributed by atoms with Gasteiger partial charge in [-0.05, 0) is 57.4 Å². The largest absolute Gasteiger partial charge is 0.422 e. The van der Waals surface area contributed by atoms with Gasteiger partial charge in [-0.15, -0.1) is 0 Å². The van der Waals surface area contributed by atoms with E-state index in [1.807, 2.05) is 72.8 Å². The molecule has 0 aliphatic rings. The zero-order chi connectivity index (χ0) is 24.9. The first-order valence-electron chi connectivity index (χ1n) is 11.4. The maximum atomic E-state index is 12.7. The fourth-order valence-corrected chi connectivity index (χ4v) is 4.20. The van der Waals surface area contributed by atoms with Gasteiger partial charge >= 0.3 is 5.97 Å². The van der Waals surface area contributed by atoms with E-state index in [9.17, 15) is 9.59 Å². The van der Waals surface area contributed by atoms with Gasteiger partial charge in [0.2, 0.25) is 5.91 Å². The fraction of sp³-hybridized carbons (Fsp3) is 0.0333. The highest BCUT2D eigenvalue weighted by Crippen LogP contribution is 2.27. The summed E-state index contributed by atoms with van der Waals surface area (Å²) in [7, 11) is 0. The highest BCUT2D eigenvalue weighted by Gasteiger charge is 2.14. The molecule has 0 aromatic heterocycles. The number of halogens is 1. The molecule has 0 bridgehead atoms. The van der Waals surface area contributed by atoms with E-state index in [0.29, 0.717) is 21.9 Å². The molecule has 5 aromatic carbocycles. The van der Waals surface area contributed by atoms with Crippen LogP contribution in [-0.4, -0.2) is 18.1 Å². The molecular weight excluding hydrogens is 472 g/mol. The number of nitrogens with one attached hydrogen (secondary N) is 1. The number of carbonyl (C=O) groups excluding carboxylic acids is 2. The lowest BCUT2D eigenvalue weighted by molar-refractivity contribution is -0.120. The summed E-state index contributed by atoms with van der Waals surface area (Å²) in [6.07, 6.45) is 1.69. The zero-order valence-corrected chi connectivity index (χ0v) is 19.9. The average molecular weight is 493 g/mol. The van der Waals surface area contributed by atoms with Gasteiger partial charge in [0.25, 0.3) is 0 Å². The number of rotatable bonds is 6. The van der Waals surface area contributed by atoms with Gasteiger partial charge in [-0.25, -0.2) is 10.2 Å². The number of hydrazone groups is 1. The lowest BCUT2D eigenvalue weighted by Gasteiger charge is -2.11. The normalized spacial score (nSPS) is 11.1. The molecule has 1 N–H and O–H groups in total. The molecular formula is C30H21ClN2O3. The lowest BCUT2D eigenvalue weighted by atomic mass is 10.0. The molecule has 0 aliphatic heterocycles. The summed E-state index contributed by atoms with van der Waals surface area (Å²) in [4.78, 5) is 25.4. The smallest absolute Gasteiger partial charge is 0.343 e. The number of hydrogen-bond acceptors (Lipinski definition) is 4. The second-order valence-electron chi connectivity index (χ2n) is 8.20. The second kappa shape index (κ2) is 10.4. The number of fused-ring (bicyclic) bond motifs is 2. The summed E-state index contributed by atoms with van der Waals surface area (Å²) < 4.78 is 5.69. The molecule has 0 saturated carbocycles. The standard InChI is InChI=1S/C30H21ClN2O3/c31-24-15-12-22(13-16-24)30(35)36-28-17-14-21-7-2-4-11-26(21)27(28)19-32-33-29(34)18-23-9-5-8-20-6-1-3-10-25(20)23/h1-17,19H,18H2,(H,33,34)/b32-19-. The van der Waals surface area contributed by atoms with Crippen molar-refractivity contribution in [1.29, 1.82) is 0 Å². The maximum Gasteiger partial charge on any atom is 0.343 e. The van der Waals surface area contributed by atoms with Crippen molar-refractivity contribution in [2.75, 3.05) is 0 Å². The number of benzene rings is 5. The third-order valence-electron chi connectivity index (χ3n) is 5.83. The molecule has 5 aromatic rings. The predicted octanol–water partition coefficient (Wildman–Crippen LogP) is 6.56. The van der Waals surface area contributed by atoms with Gasteiger partial charge in [-0.3, -0.25) is 4.79 Å². The Morgan fingerprint density at radius 1 is 0.778 bits per heavy atom. The van der Waals surface area contributed by atoms with Crippen LogP contribution in [0.4, 0.5) is 0 Å². The molecule has 5 rings (SSSR count). The van der Waals surface area contributed by atoms with Crippen molar-refractivity contribution in [3.8, 4) is 5.75 Å². The van der Waals surface area contributed by atoms with E-state index in [0.717, 1.165) is 27.1 Å². The Kier molecular flexibility index (Phi) is 6.74. The number of nitrogens with zero attached hydrogens (tertiary/aromatic N) is 1. The average Bonchev–Trinajstić information content (AvgIpc) is 2.90. The highest BCUT2D eigenvalue weighted by molar-refractivity contribution is 6.30. The van der Waals surface area contributed by atoms with Crippen LogP contribution in [0.1, 0.15) is 21.5 Å². The topological polar surface area (TPSA) is 67.8 Å². The Hall–Kier alpha value is -4.48. The second-order valence-corrected chi connectivity index (χ2v) is 8.64. The predicted molar refractivity (Wildman–Crippen MR) is 144 cm³/mol. The van der Waals surface area contributed by atoms with Gasteiger partial charge in [-0.1, -0.05) is 84.4 Å². The monoisotopic (exact) mass is 492 g/mol. The van der Waals surface area contributed by atoms with Crippen molar-refractivity contribution in [2.45, 2.75) is 6.42 Å². The van der Waals surface area contributed by atoms with Crippen molar-refractivity contribution in [2.24, 2.45) is 5.10 Å². The summed E-state index contributed by atoms with van der Waals surface area (Å²) >= 11 is 5.93. The summed E-state index contributed by atoms with van der Waals surface area (Å²) in [5, 5.41) is 8.62. The van der Waals surface area contributed by atoms with Gasteiger partial charge in [0, 0.05) is 10.6 Å². The molecule has 0 heterocycles. The molecule has 0 unspecified atom stereocenters. The minimum atomic E-state index is -0.517. The van der Waals surface area contributed by atoms with E-state index >= 15 is 0 Å². The first-order chi connectivity index (χ1) is 17.6. The molecule has 0 aliphatic carbocycles. The molecule has 0 spiro atoms. The number of carbonyl (C=O) groups is 2. The van der Waals surface area contributed by atoms with Crippen LogP contribution >= 0.6 is 11.6 Å². The van der Waals surface area contributed by atoms with Crippen LogP contribution in [0.15, 0.2) is 108 Å². The number of amides is 1. The highest BCUT2D eigenvalue weighted by atomic mass is 35.5. The van der Waals surface area contributed by atoms with Crippen LogP contribution in [0.5, 0.6) is 5.75 Å². The van der Waals surface area contributed by atoms with Crippen LogP contribution in [0.25, 0.3) is 21.5 Å². The molecule has 176 valence electrons. The number of ether oxygens (including phenoxy) is 1. The van der Waals surface area contributed by atoms with Gasteiger partial charge in [0.15, 0.2) is 0 Å². The summed E-state index contributed by atoms with van der Waals surface area (Å²) in [5.74, 6) is -0.431. The van der Waals surface area contributed by atoms with Crippen molar-refractivity contribution in [1.82, 2.24) is 5.43 Å². The quantitative estimate of drug-likeness (QED) is 0.126. The Morgan fingerprint density at radius 2 is 1.44 bits per heavy atom. The fourth-order valence-electron chi connectivity index (χ4n) is 4.07. The Morgan fingerprint density at radius 3 is 2.22 bits per heavy atom. The minimum absolute atomic E-state index is 0.187. The first kappa shape index (κ1) is 23.3. The van der Waals surface area contributed by atoms with Gasteiger partial charge in [0.1, 0.15) is 5.75 Å². The summed E-state index contributed by atoms with van der Waals surface area (Å²) in [5.41, 5.74) is 4.48. The number of esters is 1. The molecule has 5 nitrogen and oxygen atoms in total. The van der Waals surface area contributed by atoms with Crippen LogP contribution < -0.4 is 10.2 Å². The van der Waals surface area contributed by atoms with Crippen molar-refractivity contribution in [3.05, 3.63) is 125 Å². The van der Waals surface area contributed by atoms with Crippen LogP contribution in [0.3, 0.4) is 0 Å². The van der Waals surface area contributed by atoms with Gasteiger partial charge in [0.05, 0.1) is 18.2 Å². The Bertz CT molecular complexity index is 1610. The molecule has 0 radical (unpaired) electrons. The van der Waals surface area contributed by atoms with Crippen LogP contribution in [0, 0.1) is 0 Å². The molecule has 0 saturated heterocycles. The third kappa shape index (κ3) is 5.11. The van der Waals surface area contributed by atoms with Crippen molar-refractivity contribution >= 4 is 51.2 Å². The molecule has 6 heteroatoms. The van der Waals surface area contributed by atoms with Crippen LogP contribution in [0.2, 0.25) is 5.02 Å². The van der Waals surface area contributed by atoms with Crippen LogP contribution in [-0.2, 0) is 11.2 Å². The molecule has 1 amide bonds. The Balaban J connectivity index is 1.38. The molecule has 0 fully saturated rings. The maximum absolute atomic E-state index is 12.7. The SMILES string of the molecule is O=C(Cc1cccc2ccccc12)N/N=C\c1c(OC(=O)c2ccc(Cl)cc2)ccc2ccccc12. The number of hydrogen-bond donors (Lipinski definition) is 1. The van der Waals surface area contributed by atoms with E-state index in [-0.39, 0.29) is 12.3 Å². The molecule has 36 heavy (non-hydrogen) atoms. The summed E-state index contributed by atoms with van der Waals surface area (Å²) in [6, 6.07) is 31.6. The summed E-state index contributed by atoms with van der Waals surface area (Å²) in [6.45, 7) is 0. The van der Waals surface area contributed by atoms with E-state index in [1.165, 1.54) is 6.21 Å². The first-order valence-corrected chi connectivity index (χ1v) is 11.7. The van der Waals surface area contributed by atoms with Gasteiger partial charge < -0.3 is 4.74 Å². The van der Waals surface area contributed by atoms with Crippen molar-refractivity contribution < 1.29 is 14.3 Å². The van der Waals surface area contributed by atoms with Gasteiger partial charge in [-0.2, -0.15) is 5.10 Å².